The molecule has 2 aromatic carbocycles. The molecule has 60 heavy (non-hydrogen) atoms. The highest BCUT2D eigenvalue weighted by atomic mass is 19.3. The number of fused-ring (bicyclic) bond motifs is 2. The lowest BCUT2D eigenvalue weighted by atomic mass is 9.85. The molecule has 0 bridgehead atoms. The number of anilines is 2. The van der Waals surface area contributed by atoms with Crippen LogP contribution in [0.15, 0.2) is 48.7 Å². The third-order valence-electron chi connectivity index (χ3n) is 12.6. The number of rotatable bonds is 12. The molecule has 2 aromatic heterocycles. The van der Waals surface area contributed by atoms with Gasteiger partial charge in [-0.3, -0.25) is 38.9 Å². The van der Waals surface area contributed by atoms with E-state index in [1.807, 2.05) is 23.9 Å². The van der Waals surface area contributed by atoms with Crippen LogP contribution in [0.1, 0.15) is 113 Å². The molecule has 1 aliphatic carbocycles. The van der Waals surface area contributed by atoms with Gasteiger partial charge in [0.25, 0.3) is 23.6 Å². The van der Waals surface area contributed by atoms with E-state index in [4.69, 9.17) is 9.84 Å². The number of piperidine rings is 2. The Morgan fingerprint density at radius 3 is 2.42 bits per heavy atom. The van der Waals surface area contributed by atoms with Crippen molar-refractivity contribution in [3.8, 4) is 5.75 Å². The zero-order valence-electron chi connectivity index (χ0n) is 34.1. The minimum absolute atomic E-state index is 0.0795. The summed E-state index contributed by atoms with van der Waals surface area (Å²) in [4.78, 5) is 71.3. The molecule has 5 amide bonds. The predicted octanol–water partition coefficient (Wildman–Crippen LogP) is 6.46. The van der Waals surface area contributed by atoms with E-state index in [-0.39, 0.29) is 35.7 Å². The molecule has 8 rings (SSSR count). The standard InChI is InChI=1S/C44H50F2N8O6/c1-25-38-28(22-33(39(25)60-3)49-40(56)32-8-5-9-35(48-32)44(2,45)46)24-53(51-38)29-12-10-27(11-13-29)23-52-20-17-26(18-21-52)16-19-47-31-7-4-6-30-37(31)43(59)54(42(30)58)34-14-15-36(55)50-41(34)57/h4-9,22,24,26-27,29,34,47H,10-21,23H2,1-3H3,(H,49,56)(H,50,55,57)/t27-,29-,34?. The van der Waals surface area contributed by atoms with Crippen LogP contribution in [0.5, 0.6) is 5.75 Å². The summed E-state index contributed by atoms with van der Waals surface area (Å²) in [5.74, 6) is -4.22. The van der Waals surface area contributed by atoms with Gasteiger partial charge in [-0.25, -0.2) is 4.98 Å². The van der Waals surface area contributed by atoms with E-state index in [0.29, 0.717) is 35.5 Å². The molecular weight excluding hydrogens is 775 g/mol. The Morgan fingerprint density at radius 1 is 0.950 bits per heavy atom. The molecule has 3 fully saturated rings. The van der Waals surface area contributed by atoms with Gasteiger partial charge in [0.15, 0.2) is 0 Å². The fourth-order valence-corrected chi connectivity index (χ4v) is 9.36. The van der Waals surface area contributed by atoms with Gasteiger partial charge in [-0.15, -0.1) is 0 Å². The van der Waals surface area contributed by atoms with Crippen molar-refractivity contribution in [3.63, 3.8) is 0 Å². The third kappa shape index (κ3) is 8.21. The Bertz CT molecular complexity index is 2340. The molecule has 5 heterocycles. The van der Waals surface area contributed by atoms with Crippen molar-refractivity contribution in [3.05, 3.63) is 76.7 Å². The van der Waals surface area contributed by atoms with Crippen LogP contribution in [0, 0.1) is 18.8 Å². The largest absolute Gasteiger partial charge is 0.494 e. The van der Waals surface area contributed by atoms with Crippen LogP contribution in [0.2, 0.25) is 0 Å². The number of aryl methyl sites for hydroxylation is 1. The van der Waals surface area contributed by atoms with Crippen LogP contribution in [0.3, 0.4) is 0 Å². The van der Waals surface area contributed by atoms with Crippen LogP contribution in [-0.4, -0.2) is 93.4 Å². The Hall–Kier alpha value is -5.77. The lowest BCUT2D eigenvalue weighted by Crippen LogP contribution is -2.54. The van der Waals surface area contributed by atoms with Gasteiger partial charge in [0.05, 0.1) is 35.5 Å². The molecule has 16 heteroatoms. The summed E-state index contributed by atoms with van der Waals surface area (Å²) in [6, 6.07) is 10.2. The van der Waals surface area contributed by atoms with E-state index >= 15 is 0 Å². The number of nitrogens with zero attached hydrogens (tertiary/aromatic N) is 5. The summed E-state index contributed by atoms with van der Waals surface area (Å²) in [5, 5.41) is 14.3. The number of carbonyl (C=O) groups is 5. The first-order valence-corrected chi connectivity index (χ1v) is 20.8. The number of pyridine rings is 1. The number of carbonyl (C=O) groups excluding carboxylic acids is 5. The molecular formula is C44H50F2N8O6. The number of alkyl halides is 2. The second kappa shape index (κ2) is 16.7. The predicted molar refractivity (Wildman–Crippen MR) is 219 cm³/mol. The number of imide groups is 2. The first kappa shape index (κ1) is 41.0. The average molecular weight is 825 g/mol. The summed E-state index contributed by atoms with van der Waals surface area (Å²) in [6.07, 6.45) is 9.54. The number of amides is 5. The number of benzene rings is 2. The van der Waals surface area contributed by atoms with Crippen molar-refractivity contribution in [1.82, 2.24) is 29.9 Å². The van der Waals surface area contributed by atoms with E-state index in [1.54, 1.807) is 18.2 Å². The van der Waals surface area contributed by atoms with Gasteiger partial charge in [-0.2, -0.15) is 13.9 Å². The monoisotopic (exact) mass is 824 g/mol. The number of methoxy groups -OCH3 is 1. The molecule has 1 unspecified atom stereocenters. The van der Waals surface area contributed by atoms with Crippen molar-refractivity contribution in [2.24, 2.45) is 11.8 Å². The molecule has 14 nitrogen and oxygen atoms in total. The molecule has 3 aliphatic heterocycles. The first-order valence-electron chi connectivity index (χ1n) is 20.8. The minimum atomic E-state index is -3.17. The average Bonchev–Trinajstić information content (AvgIpc) is 3.77. The van der Waals surface area contributed by atoms with Crippen molar-refractivity contribution in [2.75, 3.05) is 43.9 Å². The van der Waals surface area contributed by atoms with Gasteiger partial charge < -0.3 is 20.3 Å². The fourth-order valence-electron chi connectivity index (χ4n) is 9.36. The minimum Gasteiger partial charge on any atom is -0.494 e. The number of halogens is 2. The molecule has 0 radical (unpaired) electrons. The fraction of sp³-hybridized carbons (Fsp3) is 0.477. The molecule has 1 saturated carbocycles. The van der Waals surface area contributed by atoms with Crippen molar-refractivity contribution in [1.29, 1.82) is 0 Å². The number of hydrogen-bond donors (Lipinski definition) is 3. The Labute approximate surface area is 346 Å². The van der Waals surface area contributed by atoms with Crippen molar-refractivity contribution >= 4 is 51.8 Å². The van der Waals surface area contributed by atoms with Crippen LogP contribution in [-0.2, 0) is 15.5 Å². The van der Waals surface area contributed by atoms with Crippen LogP contribution >= 0.6 is 0 Å². The summed E-state index contributed by atoms with van der Waals surface area (Å²) in [5.41, 5.74) is 2.52. The number of ether oxygens (including phenoxy) is 1. The second-order valence-corrected chi connectivity index (χ2v) is 16.7. The highest BCUT2D eigenvalue weighted by Gasteiger charge is 2.45. The lowest BCUT2D eigenvalue weighted by Gasteiger charge is -2.36. The molecule has 3 N–H and O–H groups in total. The maximum Gasteiger partial charge on any atom is 0.287 e. The third-order valence-corrected chi connectivity index (χ3v) is 12.6. The maximum absolute atomic E-state index is 13.9. The maximum atomic E-state index is 13.9. The van der Waals surface area contributed by atoms with Crippen LogP contribution in [0.25, 0.3) is 10.9 Å². The molecule has 2 saturated heterocycles. The summed E-state index contributed by atoms with van der Waals surface area (Å²) in [6.45, 7) is 6.44. The van der Waals surface area contributed by atoms with E-state index < -0.39 is 47.2 Å². The molecule has 316 valence electrons. The number of aromatic nitrogens is 3. The summed E-state index contributed by atoms with van der Waals surface area (Å²) in [7, 11) is 1.52. The Morgan fingerprint density at radius 2 is 1.70 bits per heavy atom. The van der Waals surface area contributed by atoms with Crippen LogP contribution in [0.4, 0.5) is 20.2 Å². The first-order chi connectivity index (χ1) is 28.8. The van der Waals surface area contributed by atoms with Gasteiger partial charge >= 0.3 is 0 Å². The zero-order valence-corrected chi connectivity index (χ0v) is 34.1. The van der Waals surface area contributed by atoms with Gasteiger partial charge in [0, 0.05) is 49.3 Å². The quantitative estimate of drug-likeness (QED) is 0.135. The Balaban J connectivity index is 0.805. The van der Waals surface area contributed by atoms with E-state index in [1.165, 1.54) is 25.3 Å². The molecule has 4 aliphatic rings. The number of hydrogen-bond acceptors (Lipinski definition) is 10. The molecule has 0 spiro atoms. The van der Waals surface area contributed by atoms with Gasteiger partial charge in [0.2, 0.25) is 11.8 Å². The zero-order chi connectivity index (χ0) is 42.3. The second-order valence-electron chi connectivity index (χ2n) is 16.7. The number of nitrogens with one attached hydrogen (secondary N) is 3. The Kier molecular flexibility index (Phi) is 11.4. The van der Waals surface area contributed by atoms with E-state index in [2.05, 4.69) is 25.8 Å². The SMILES string of the molecule is COc1c(NC(=O)c2cccc(C(C)(F)F)n2)cc2cn([C@H]3CC[C@H](CN4CCC(CCNc5cccc6c5C(=O)N(C5CCC(=O)NC5=O)C6=O)CC4)CC3)nc2c1C. The van der Waals surface area contributed by atoms with Crippen molar-refractivity contribution < 1.29 is 37.5 Å². The topological polar surface area (TPSA) is 168 Å². The van der Waals surface area contributed by atoms with Gasteiger partial charge in [0.1, 0.15) is 23.2 Å². The highest BCUT2D eigenvalue weighted by molar-refractivity contribution is 6.25. The lowest BCUT2D eigenvalue weighted by molar-refractivity contribution is -0.136. The molecule has 1 atom stereocenters. The van der Waals surface area contributed by atoms with E-state index in [9.17, 15) is 32.8 Å². The smallest absolute Gasteiger partial charge is 0.287 e. The van der Waals surface area contributed by atoms with Crippen LogP contribution < -0.4 is 20.7 Å². The highest BCUT2D eigenvalue weighted by Crippen LogP contribution is 2.39. The normalized spacial score (nSPS) is 21.6. The van der Waals surface area contributed by atoms with Gasteiger partial charge in [-0.05, 0) is 114 Å². The van der Waals surface area contributed by atoms with Gasteiger partial charge in [-0.1, -0.05) is 12.1 Å². The molecule has 4 aromatic rings. The summed E-state index contributed by atoms with van der Waals surface area (Å²) >= 11 is 0. The van der Waals surface area contributed by atoms with E-state index in [0.717, 1.165) is 92.9 Å². The number of likely N-dealkylation sites (tertiary alicyclic amines) is 1. The summed E-state index contributed by atoms with van der Waals surface area (Å²) < 4.78 is 35.5. The van der Waals surface area contributed by atoms with Crippen molar-refractivity contribution in [2.45, 2.75) is 89.6 Å².